The van der Waals surface area contributed by atoms with Crippen molar-refractivity contribution in [3.8, 4) is 0 Å². The summed E-state index contributed by atoms with van der Waals surface area (Å²) in [6.45, 7) is 0. The van der Waals surface area contributed by atoms with Gasteiger partial charge in [0.15, 0.2) is 0 Å². The maximum absolute atomic E-state index is 12.4. The van der Waals surface area contributed by atoms with E-state index in [1.807, 2.05) is 0 Å². The van der Waals surface area contributed by atoms with E-state index in [0.717, 1.165) is 5.56 Å². The van der Waals surface area contributed by atoms with Crippen molar-refractivity contribution in [1.82, 2.24) is 0 Å². The Labute approximate surface area is 105 Å². The molecule has 0 radical (unpaired) electrons. The summed E-state index contributed by atoms with van der Waals surface area (Å²) < 4.78 is 12.4. The molecule has 0 fully saturated rings. The predicted molar refractivity (Wildman–Crippen MR) is 46.8 cm³/mol. The Kier molecular flexibility index (Phi) is 5.95. The number of nitrogens with two attached hydrogens (primary N) is 1. The number of benzene rings is 1. The van der Waals surface area contributed by atoms with Gasteiger partial charge in [-0.05, 0) is 24.1 Å². The minimum absolute atomic E-state index is 0. The van der Waals surface area contributed by atoms with Crippen molar-refractivity contribution in [2.75, 3.05) is 0 Å². The van der Waals surface area contributed by atoms with E-state index >= 15 is 0 Å². The second-order valence-electron chi connectivity index (χ2n) is 2.78. The fraction of sp³-hybridized carbons (Fsp3) is 0.222. The number of aliphatic carboxylic acids is 1. The van der Waals surface area contributed by atoms with Crippen LogP contribution in [0.25, 0.3) is 0 Å². The number of hydrogen-bond acceptors (Lipinski definition) is 2. The summed E-state index contributed by atoms with van der Waals surface area (Å²) >= 11 is 0. The third kappa shape index (κ3) is 4.19. The van der Waals surface area contributed by atoms with Gasteiger partial charge in [0.05, 0.1) is 0 Å². The minimum atomic E-state index is -1.05. The predicted octanol–water partition coefficient (Wildman–Crippen LogP) is -2.10. The zero-order valence-electron chi connectivity index (χ0n) is 8.90. The summed E-state index contributed by atoms with van der Waals surface area (Å²) in [4.78, 5) is 10.4. The molecule has 1 aromatic rings. The molecular weight excluding hydrogens is 196 g/mol. The summed E-state index contributed by atoms with van der Waals surface area (Å²) in [6, 6.07) is 4.69. The fourth-order valence-electron chi connectivity index (χ4n) is 0.962. The molecule has 1 atom stereocenters. The van der Waals surface area contributed by atoms with E-state index in [-0.39, 0.29) is 43.2 Å². The van der Waals surface area contributed by atoms with E-state index in [4.69, 9.17) is 10.8 Å². The minimum Gasteiger partial charge on any atom is -1.00 e. The van der Waals surface area contributed by atoms with Crippen LogP contribution in [0.15, 0.2) is 24.3 Å². The molecule has 5 heteroatoms. The van der Waals surface area contributed by atoms with Crippen molar-refractivity contribution < 1.29 is 45.3 Å². The Morgan fingerprint density at radius 1 is 1.50 bits per heavy atom. The molecule has 72 valence electrons. The Balaban J connectivity index is 0. The summed E-state index contributed by atoms with van der Waals surface area (Å²) in [6.07, 6.45) is 0.218. The largest absolute Gasteiger partial charge is 1.00 e. The molecule has 1 rings (SSSR count). The molecule has 0 amide bonds. The first-order chi connectivity index (χ1) is 6.09. The topological polar surface area (TPSA) is 63.3 Å². The van der Waals surface area contributed by atoms with Crippen LogP contribution in [0.2, 0.25) is 0 Å². The normalized spacial score (nSPS) is 11.6. The van der Waals surface area contributed by atoms with Gasteiger partial charge in [0.1, 0.15) is 11.9 Å². The van der Waals surface area contributed by atoms with Crippen molar-refractivity contribution >= 4 is 5.97 Å². The van der Waals surface area contributed by atoms with Gasteiger partial charge >= 0.3 is 35.5 Å². The Morgan fingerprint density at radius 3 is 2.43 bits per heavy atom. The van der Waals surface area contributed by atoms with Crippen molar-refractivity contribution in [3.05, 3.63) is 35.6 Å². The zero-order chi connectivity index (χ0) is 9.84. The first-order valence-electron chi connectivity index (χ1n) is 3.82. The molecule has 14 heavy (non-hydrogen) atoms. The van der Waals surface area contributed by atoms with E-state index in [2.05, 4.69) is 0 Å². The van der Waals surface area contributed by atoms with Crippen LogP contribution < -0.4 is 35.3 Å². The second kappa shape index (κ2) is 6.14. The Hall–Kier alpha value is -0.420. The molecule has 0 aromatic heterocycles. The molecule has 0 aliphatic carbocycles. The standard InChI is InChI=1S/C9H10FNO2.Na.H/c10-7-3-1-6(2-4-7)5-8(11)9(12)13;;/h1-4,8H,5,11H2,(H,12,13);;/q;+1;-1/t8-;;/m0../s1. The third-order valence-electron chi connectivity index (χ3n) is 1.69. The molecule has 3 nitrogen and oxygen atoms in total. The molecule has 3 N–H and O–H groups in total. The average Bonchev–Trinajstić information content (AvgIpc) is 2.08. The molecule has 0 aliphatic heterocycles. The van der Waals surface area contributed by atoms with Crippen LogP contribution in [0.4, 0.5) is 4.39 Å². The molecule has 0 bridgehead atoms. The van der Waals surface area contributed by atoms with Gasteiger partial charge in [-0.2, -0.15) is 0 Å². The first kappa shape index (κ1) is 13.6. The van der Waals surface area contributed by atoms with Gasteiger partial charge in [-0.25, -0.2) is 4.39 Å². The molecule has 1 aromatic carbocycles. The maximum Gasteiger partial charge on any atom is 1.00 e. The van der Waals surface area contributed by atoms with Crippen molar-refractivity contribution in [2.24, 2.45) is 5.73 Å². The van der Waals surface area contributed by atoms with Gasteiger partial charge in [0.2, 0.25) is 0 Å². The molecule has 0 saturated carbocycles. The SMILES string of the molecule is N[C@@H](Cc1ccc(F)cc1)C(=O)O.[H-].[Na+]. The molecule has 0 spiro atoms. The van der Waals surface area contributed by atoms with E-state index in [9.17, 15) is 9.18 Å². The van der Waals surface area contributed by atoms with E-state index in [0.29, 0.717) is 0 Å². The molecule has 0 heterocycles. The number of carboxylic acid groups (broad SMARTS) is 1. The van der Waals surface area contributed by atoms with Crippen molar-refractivity contribution in [2.45, 2.75) is 12.5 Å². The Morgan fingerprint density at radius 2 is 2.00 bits per heavy atom. The molecule has 0 unspecified atom stereocenters. The van der Waals surface area contributed by atoms with Crippen LogP contribution in [0.5, 0.6) is 0 Å². The second-order valence-corrected chi connectivity index (χ2v) is 2.78. The number of hydrogen-bond donors (Lipinski definition) is 2. The molecular formula is C9H11FNNaO2. The summed E-state index contributed by atoms with van der Waals surface area (Å²) in [7, 11) is 0. The molecule has 0 saturated heterocycles. The smallest absolute Gasteiger partial charge is 1.00 e. The van der Waals surface area contributed by atoms with E-state index < -0.39 is 12.0 Å². The van der Waals surface area contributed by atoms with Gasteiger partial charge in [-0.15, -0.1) is 0 Å². The van der Waals surface area contributed by atoms with Crippen LogP contribution in [0.1, 0.15) is 6.99 Å². The van der Waals surface area contributed by atoms with Gasteiger partial charge in [0.25, 0.3) is 0 Å². The zero-order valence-corrected chi connectivity index (χ0v) is 9.90. The third-order valence-corrected chi connectivity index (χ3v) is 1.69. The van der Waals surface area contributed by atoms with Gasteiger partial charge in [0, 0.05) is 0 Å². The van der Waals surface area contributed by atoms with Crippen molar-refractivity contribution in [1.29, 1.82) is 0 Å². The summed E-state index contributed by atoms with van der Waals surface area (Å²) in [5, 5.41) is 8.50. The van der Waals surface area contributed by atoms with Gasteiger partial charge < -0.3 is 12.3 Å². The number of halogens is 1. The van der Waals surface area contributed by atoms with Crippen LogP contribution >= 0.6 is 0 Å². The van der Waals surface area contributed by atoms with Crippen LogP contribution in [-0.4, -0.2) is 17.1 Å². The number of carbonyl (C=O) groups is 1. The first-order valence-corrected chi connectivity index (χ1v) is 3.82. The van der Waals surface area contributed by atoms with Crippen LogP contribution in [0.3, 0.4) is 0 Å². The quantitative estimate of drug-likeness (QED) is 0.558. The van der Waals surface area contributed by atoms with Gasteiger partial charge in [-0.1, -0.05) is 12.1 Å². The van der Waals surface area contributed by atoms with E-state index in [1.165, 1.54) is 24.3 Å². The van der Waals surface area contributed by atoms with Gasteiger partial charge in [-0.3, -0.25) is 4.79 Å². The molecule has 0 aliphatic rings. The summed E-state index contributed by atoms with van der Waals surface area (Å²) in [5.74, 6) is -1.39. The fourth-order valence-corrected chi connectivity index (χ4v) is 0.962. The maximum atomic E-state index is 12.4. The van der Waals surface area contributed by atoms with Crippen LogP contribution in [0, 0.1) is 5.82 Å². The number of rotatable bonds is 3. The van der Waals surface area contributed by atoms with E-state index in [1.54, 1.807) is 0 Å². The summed E-state index contributed by atoms with van der Waals surface area (Å²) in [5.41, 5.74) is 6.01. The van der Waals surface area contributed by atoms with Crippen molar-refractivity contribution in [3.63, 3.8) is 0 Å². The number of carboxylic acids is 1. The Bertz CT molecular complexity index is 307. The average molecular weight is 207 g/mol. The monoisotopic (exact) mass is 207 g/mol. The van der Waals surface area contributed by atoms with Crippen LogP contribution in [-0.2, 0) is 11.2 Å².